The van der Waals surface area contributed by atoms with Crippen LogP contribution >= 0.6 is 11.6 Å². The van der Waals surface area contributed by atoms with Gasteiger partial charge in [0.2, 0.25) is 5.91 Å². The van der Waals surface area contributed by atoms with E-state index in [1.807, 2.05) is 25.1 Å². The number of anilines is 1. The van der Waals surface area contributed by atoms with Crippen LogP contribution in [0.1, 0.15) is 16.7 Å². The number of benzene rings is 3. The van der Waals surface area contributed by atoms with Gasteiger partial charge in [0.05, 0.1) is 10.6 Å². The molecule has 7 heteroatoms. The van der Waals surface area contributed by atoms with Gasteiger partial charge in [0.15, 0.2) is 0 Å². The molecule has 31 heavy (non-hydrogen) atoms. The number of aryl methyl sites for hydroxylation is 1. The second-order valence-electron chi connectivity index (χ2n) is 7.64. The van der Waals surface area contributed by atoms with Crippen molar-refractivity contribution in [1.29, 1.82) is 0 Å². The van der Waals surface area contributed by atoms with Gasteiger partial charge in [-0.2, -0.15) is 0 Å². The van der Waals surface area contributed by atoms with Gasteiger partial charge in [0.1, 0.15) is 6.54 Å². The fraction of sp³-hybridized carbons (Fsp3) is 0.208. The van der Waals surface area contributed by atoms with Crippen LogP contribution in [0.15, 0.2) is 77.7 Å². The Kier molecular flexibility index (Phi) is 6.03. The lowest BCUT2D eigenvalue weighted by molar-refractivity contribution is -0.130. The smallest absolute Gasteiger partial charge is 0.264 e. The van der Waals surface area contributed by atoms with Gasteiger partial charge >= 0.3 is 0 Å². The number of halogens is 1. The highest BCUT2D eigenvalue weighted by molar-refractivity contribution is 7.92. The summed E-state index contributed by atoms with van der Waals surface area (Å²) in [6.07, 6.45) is 0.758. The predicted molar refractivity (Wildman–Crippen MR) is 123 cm³/mol. The van der Waals surface area contributed by atoms with Crippen molar-refractivity contribution in [3.05, 3.63) is 94.5 Å². The van der Waals surface area contributed by atoms with E-state index in [1.165, 1.54) is 5.56 Å². The Morgan fingerprint density at radius 1 is 0.968 bits per heavy atom. The molecule has 1 aliphatic rings. The highest BCUT2D eigenvalue weighted by Gasteiger charge is 2.30. The first-order valence-electron chi connectivity index (χ1n) is 10.0. The number of carbonyl (C=O) groups excluding carboxylic acids is 1. The fourth-order valence-corrected chi connectivity index (χ4v) is 5.23. The normalized spacial score (nSPS) is 13.5. The van der Waals surface area contributed by atoms with Gasteiger partial charge in [-0.25, -0.2) is 8.42 Å². The number of rotatable bonds is 5. The summed E-state index contributed by atoms with van der Waals surface area (Å²) in [5.74, 6) is -0.236. The maximum absolute atomic E-state index is 13.5. The molecular weight excluding hydrogens is 432 g/mol. The first-order chi connectivity index (χ1) is 14.8. The molecule has 0 fully saturated rings. The molecule has 1 aliphatic heterocycles. The van der Waals surface area contributed by atoms with Gasteiger partial charge in [0, 0.05) is 18.1 Å². The van der Waals surface area contributed by atoms with Crippen molar-refractivity contribution in [1.82, 2.24) is 4.90 Å². The lowest BCUT2D eigenvalue weighted by Gasteiger charge is -2.31. The third-order valence-electron chi connectivity index (χ3n) is 5.49. The molecule has 0 unspecified atom stereocenters. The minimum Gasteiger partial charge on any atom is -0.336 e. The van der Waals surface area contributed by atoms with E-state index in [0.717, 1.165) is 21.9 Å². The van der Waals surface area contributed by atoms with E-state index in [9.17, 15) is 13.2 Å². The molecule has 0 aliphatic carbocycles. The number of hydrogen-bond acceptors (Lipinski definition) is 3. The largest absolute Gasteiger partial charge is 0.336 e. The summed E-state index contributed by atoms with van der Waals surface area (Å²) in [6.45, 7) is 2.66. The summed E-state index contributed by atoms with van der Waals surface area (Å²) in [6, 6.07) is 21.1. The molecule has 1 heterocycles. The molecule has 0 atom stereocenters. The van der Waals surface area contributed by atoms with E-state index in [0.29, 0.717) is 23.8 Å². The fourth-order valence-electron chi connectivity index (χ4n) is 3.69. The Morgan fingerprint density at radius 3 is 2.29 bits per heavy atom. The molecule has 3 aromatic carbocycles. The van der Waals surface area contributed by atoms with Crippen molar-refractivity contribution in [2.24, 2.45) is 0 Å². The molecule has 0 radical (unpaired) electrons. The zero-order valence-electron chi connectivity index (χ0n) is 17.2. The molecule has 0 aromatic heterocycles. The molecule has 3 aromatic rings. The molecule has 4 rings (SSSR count). The predicted octanol–water partition coefficient (Wildman–Crippen LogP) is 4.43. The topological polar surface area (TPSA) is 57.7 Å². The SMILES string of the molecule is Cc1ccc(S(=O)(=O)N(CC(=O)N2CCc3ccccc3C2)c2ccc(Cl)cc2)cc1. The van der Waals surface area contributed by atoms with Crippen molar-refractivity contribution < 1.29 is 13.2 Å². The van der Waals surface area contributed by atoms with Crippen molar-refractivity contribution in [2.75, 3.05) is 17.4 Å². The van der Waals surface area contributed by atoms with Gasteiger partial charge in [-0.3, -0.25) is 9.10 Å². The van der Waals surface area contributed by atoms with Crippen LogP contribution in [-0.4, -0.2) is 32.3 Å². The van der Waals surface area contributed by atoms with Crippen LogP contribution in [0.25, 0.3) is 0 Å². The summed E-state index contributed by atoms with van der Waals surface area (Å²) in [7, 11) is -3.94. The summed E-state index contributed by atoms with van der Waals surface area (Å²) in [4.78, 5) is 15.0. The summed E-state index contributed by atoms with van der Waals surface area (Å²) < 4.78 is 28.1. The number of hydrogen-bond donors (Lipinski definition) is 0. The van der Waals surface area contributed by atoms with Crippen molar-refractivity contribution >= 4 is 33.2 Å². The van der Waals surface area contributed by atoms with E-state index in [4.69, 9.17) is 11.6 Å². The quantitative estimate of drug-likeness (QED) is 0.573. The Bertz CT molecular complexity index is 1190. The van der Waals surface area contributed by atoms with Crippen LogP contribution in [0.3, 0.4) is 0 Å². The van der Waals surface area contributed by atoms with Crippen LogP contribution in [-0.2, 0) is 27.8 Å². The molecule has 0 bridgehead atoms. The maximum Gasteiger partial charge on any atom is 0.264 e. The van der Waals surface area contributed by atoms with E-state index in [-0.39, 0.29) is 17.3 Å². The van der Waals surface area contributed by atoms with E-state index in [1.54, 1.807) is 53.4 Å². The van der Waals surface area contributed by atoms with Gasteiger partial charge < -0.3 is 4.90 Å². The zero-order chi connectivity index (χ0) is 22.0. The van der Waals surface area contributed by atoms with Gasteiger partial charge in [0.25, 0.3) is 10.0 Å². The van der Waals surface area contributed by atoms with Crippen LogP contribution in [0, 0.1) is 6.92 Å². The standard InChI is InChI=1S/C24H23ClN2O3S/c1-18-6-12-23(13-7-18)31(29,30)27(22-10-8-21(25)9-11-22)17-24(28)26-15-14-19-4-2-3-5-20(19)16-26/h2-13H,14-17H2,1H3. The average molecular weight is 455 g/mol. The first kappa shape index (κ1) is 21.4. The second kappa shape index (κ2) is 8.73. The summed E-state index contributed by atoms with van der Waals surface area (Å²) >= 11 is 6.00. The molecule has 0 N–H and O–H groups in total. The average Bonchev–Trinajstić information content (AvgIpc) is 2.78. The Hall–Kier alpha value is -2.83. The summed E-state index contributed by atoms with van der Waals surface area (Å²) in [5, 5.41) is 0.496. The van der Waals surface area contributed by atoms with Crippen molar-refractivity contribution in [3.63, 3.8) is 0 Å². The van der Waals surface area contributed by atoms with Crippen LogP contribution < -0.4 is 4.31 Å². The molecule has 160 valence electrons. The van der Waals surface area contributed by atoms with Gasteiger partial charge in [-0.15, -0.1) is 0 Å². The van der Waals surface area contributed by atoms with E-state index < -0.39 is 10.0 Å². The van der Waals surface area contributed by atoms with Crippen LogP contribution in [0.2, 0.25) is 5.02 Å². The van der Waals surface area contributed by atoms with Crippen LogP contribution in [0.5, 0.6) is 0 Å². The molecule has 0 saturated carbocycles. The second-order valence-corrected chi connectivity index (χ2v) is 9.93. The monoisotopic (exact) mass is 454 g/mol. The number of amides is 1. The molecule has 5 nitrogen and oxygen atoms in total. The van der Waals surface area contributed by atoms with Gasteiger partial charge in [-0.05, 0) is 60.9 Å². The minimum atomic E-state index is -3.94. The Morgan fingerprint density at radius 2 is 1.61 bits per heavy atom. The maximum atomic E-state index is 13.5. The van der Waals surface area contributed by atoms with Crippen molar-refractivity contribution in [3.8, 4) is 0 Å². The summed E-state index contributed by atoms with van der Waals surface area (Å²) in [5.41, 5.74) is 3.69. The Labute approximate surface area is 187 Å². The first-order valence-corrected chi connectivity index (χ1v) is 11.9. The van der Waals surface area contributed by atoms with E-state index >= 15 is 0 Å². The number of nitrogens with zero attached hydrogens (tertiary/aromatic N) is 2. The highest BCUT2D eigenvalue weighted by Crippen LogP contribution is 2.26. The third-order valence-corrected chi connectivity index (χ3v) is 7.53. The molecule has 1 amide bonds. The Balaban J connectivity index is 1.64. The third kappa shape index (κ3) is 4.60. The number of sulfonamides is 1. The minimum absolute atomic E-state index is 0.143. The molecule has 0 spiro atoms. The van der Waals surface area contributed by atoms with Gasteiger partial charge in [-0.1, -0.05) is 53.6 Å². The molecule has 0 saturated heterocycles. The zero-order valence-corrected chi connectivity index (χ0v) is 18.7. The lowest BCUT2D eigenvalue weighted by atomic mass is 10.00. The number of carbonyl (C=O) groups is 1. The van der Waals surface area contributed by atoms with E-state index in [2.05, 4.69) is 6.07 Å². The molecular formula is C24H23ClN2O3S. The highest BCUT2D eigenvalue weighted by atomic mass is 35.5. The number of fused-ring (bicyclic) bond motifs is 1. The van der Waals surface area contributed by atoms with Crippen molar-refractivity contribution in [2.45, 2.75) is 24.8 Å². The van der Waals surface area contributed by atoms with Crippen LogP contribution in [0.4, 0.5) is 5.69 Å². The lowest BCUT2D eigenvalue weighted by Crippen LogP contribution is -2.44.